The molecule has 1 aromatic rings. The van der Waals surface area contributed by atoms with Crippen LogP contribution >= 0.6 is 15.9 Å². The van der Waals surface area contributed by atoms with Gasteiger partial charge >= 0.3 is 0 Å². The van der Waals surface area contributed by atoms with Crippen molar-refractivity contribution in [2.45, 2.75) is 12.8 Å². The summed E-state index contributed by atoms with van der Waals surface area (Å²) in [5, 5.41) is 3.46. The van der Waals surface area contributed by atoms with Crippen molar-refractivity contribution in [3.8, 4) is 0 Å². The molecule has 1 aromatic carbocycles. The van der Waals surface area contributed by atoms with E-state index in [-0.39, 0.29) is 0 Å². The molecule has 0 atom stereocenters. The van der Waals surface area contributed by atoms with Crippen LogP contribution in [0.25, 0.3) is 0 Å². The van der Waals surface area contributed by atoms with Crippen molar-refractivity contribution in [2.24, 2.45) is 5.92 Å². The number of benzene rings is 1. The molecule has 1 fully saturated rings. The van der Waals surface area contributed by atoms with Crippen LogP contribution in [0, 0.1) is 5.92 Å². The van der Waals surface area contributed by atoms with Crippen LogP contribution in [0.2, 0.25) is 0 Å². The van der Waals surface area contributed by atoms with Crippen LogP contribution in [0.5, 0.6) is 0 Å². The first-order chi connectivity index (χ1) is 9.24. The Balaban J connectivity index is 1.64. The Morgan fingerprint density at radius 1 is 1.37 bits per heavy atom. The number of hydrogen-bond acceptors (Lipinski definition) is 3. The molecule has 0 bridgehead atoms. The van der Waals surface area contributed by atoms with Gasteiger partial charge in [0.2, 0.25) is 0 Å². The fraction of sp³-hybridized carbons (Fsp3) is 0.600. The van der Waals surface area contributed by atoms with Crippen LogP contribution in [-0.4, -0.2) is 44.8 Å². The van der Waals surface area contributed by atoms with E-state index in [9.17, 15) is 0 Å². The van der Waals surface area contributed by atoms with Gasteiger partial charge in [-0.05, 0) is 44.0 Å². The van der Waals surface area contributed by atoms with Gasteiger partial charge in [-0.25, -0.2) is 0 Å². The van der Waals surface area contributed by atoms with Crippen molar-refractivity contribution in [3.05, 3.63) is 28.7 Å². The minimum atomic E-state index is 0.810. The van der Waals surface area contributed by atoms with E-state index in [4.69, 9.17) is 4.74 Å². The summed E-state index contributed by atoms with van der Waals surface area (Å²) < 4.78 is 6.51. The van der Waals surface area contributed by atoms with E-state index in [1.165, 1.54) is 25.1 Å². The van der Waals surface area contributed by atoms with Gasteiger partial charge in [0.05, 0.1) is 0 Å². The van der Waals surface area contributed by atoms with Crippen LogP contribution in [-0.2, 0) is 4.74 Å². The zero-order valence-corrected chi connectivity index (χ0v) is 13.2. The standard InChI is InChI=1S/C15H23BrN2O/c1-18(12-13-5-9-19-10-6-13)8-7-17-15-4-2-3-14(16)11-15/h2-4,11,13,17H,5-10,12H2,1H3. The number of nitrogens with one attached hydrogen (secondary N) is 1. The van der Waals surface area contributed by atoms with Gasteiger partial charge < -0.3 is 15.0 Å². The minimum Gasteiger partial charge on any atom is -0.384 e. The average Bonchev–Trinajstić information content (AvgIpc) is 2.40. The molecule has 1 saturated heterocycles. The zero-order valence-electron chi connectivity index (χ0n) is 11.6. The third-order valence-corrected chi connectivity index (χ3v) is 4.05. The Morgan fingerprint density at radius 2 is 2.16 bits per heavy atom. The number of halogens is 1. The van der Waals surface area contributed by atoms with Crippen molar-refractivity contribution in [1.82, 2.24) is 4.90 Å². The maximum absolute atomic E-state index is 5.40. The van der Waals surface area contributed by atoms with Crippen molar-refractivity contribution in [3.63, 3.8) is 0 Å². The Bertz CT molecular complexity index is 380. The van der Waals surface area contributed by atoms with Gasteiger partial charge in [0.25, 0.3) is 0 Å². The summed E-state index contributed by atoms with van der Waals surface area (Å²) in [7, 11) is 2.21. The summed E-state index contributed by atoms with van der Waals surface area (Å²) in [6.07, 6.45) is 2.42. The summed E-state index contributed by atoms with van der Waals surface area (Å²) in [5.74, 6) is 0.810. The molecule has 1 aliphatic rings. The van der Waals surface area contributed by atoms with Crippen molar-refractivity contribution in [2.75, 3.05) is 45.2 Å². The number of likely N-dealkylation sites (N-methyl/N-ethyl adjacent to an activating group) is 1. The van der Waals surface area contributed by atoms with Gasteiger partial charge in [-0.2, -0.15) is 0 Å². The second kappa shape index (κ2) is 7.88. The second-order valence-corrected chi connectivity index (χ2v) is 6.17. The summed E-state index contributed by atoms with van der Waals surface area (Å²) in [4.78, 5) is 2.42. The first kappa shape index (κ1) is 14.8. The smallest absolute Gasteiger partial charge is 0.0469 e. The maximum Gasteiger partial charge on any atom is 0.0469 e. The van der Waals surface area contributed by atoms with Gasteiger partial charge in [-0.15, -0.1) is 0 Å². The highest BCUT2D eigenvalue weighted by Gasteiger charge is 2.15. The van der Waals surface area contributed by atoms with Crippen LogP contribution in [0.15, 0.2) is 28.7 Å². The molecule has 19 heavy (non-hydrogen) atoms. The molecule has 1 N–H and O–H groups in total. The highest BCUT2D eigenvalue weighted by atomic mass is 79.9. The lowest BCUT2D eigenvalue weighted by Crippen LogP contribution is -2.32. The maximum atomic E-state index is 5.40. The quantitative estimate of drug-likeness (QED) is 0.868. The topological polar surface area (TPSA) is 24.5 Å². The highest BCUT2D eigenvalue weighted by Crippen LogP contribution is 2.16. The third kappa shape index (κ3) is 5.51. The highest BCUT2D eigenvalue weighted by molar-refractivity contribution is 9.10. The van der Waals surface area contributed by atoms with Crippen LogP contribution < -0.4 is 5.32 Å². The molecule has 0 radical (unpaired) electrons. The van der Waals surface area contributed by atoms with Gasteiger partial charge in [0, 0.05) is 43.0 Å². The fourth-order valence-corrected chi connectivity index (χ4v) is 2.85. The van der Waals surface area contributed by atoms with Crippen LogP contribution in [0.1, 0.15) is 12.8 Å². The molecular formula is C15H23BrN2O. The Hall–Kier alpha value is -0.580. The number of anilines is 1. The minimum absolute atomic E-state index is 0.810. The number of ether oxygens (including phenoxy) is 1. The van der Waals surface area contributed by atoms with Crippen molar-refractivity contribution in [1.29, 1.82) is 0 Å². The molecule has 1 aliphatic heterocycles. The Morgan fingerprint density at radius 3 is 2.89 bits per heavy atom. The predicted molar refractivity (Wildman–Crippen MR) is 83.7 cm³/mol. The molecule has 0 aliphatic carbocycles. The van der Waals surface area contributed by atoms with Crippen molar-refractivity contribution >= 4 is 21.6 Å². The number of nitrogens with zero attached hydrogens (tertiary/aromatic N) is 1. The van der Waals surface area contributed by atoms with E-state index < -0.39 is 0 Å². The molecule has 0 aromatic heterocycles. The molecular weight excluding hydrogens is 304 g/mol. The normalized spacial score (nSPS) is 16.8. The van der Waals surface area contributed by atoms with Crippen molar-refractivity contribution < 1.29 is 4.74 Å². The SMILES string of the molecule is CN(CCNc1cccc(Br)c1)CC1CCOCC1. The summed E-state index contributed by atoms with van der Waals surface area (Å²) in [6.45, 7) is 5.12. The van der Waals surface area contributed by atoms with Gasteiger partial charge in [-0.3, -0.25) is 0 Å². The Kier molecular flexibility index (Phi) is 6.14. The third-order valence-electron chi connectivity index (χ3n) is 3.56. The van der Waals surface area contributed by atoms with Crippen LogP contribution in [0.3, 0.4) is 0 Å². The molecule has 3 nitrogen and oxygen atoms in total. The van der Waals surface area contributed by atoms with Crippen LogP contribution in [0.4, 0.5) is 5.69 Å². The molecule has 0 amide bonds. The van der Waals surface area contributed by atoms with E-state index in [1.54, 1.807) is 0 Å². The first-order valence-electron chi connectivity index (χ1n) is 7.00. The average molecular weight is 327 g/mol. The van der Waals surface area contributed by atoms with Gasteiger partial charge in [-0.1, -0.05) is 22.0 Å². The monoisotopic (exact) mass is 326 g/mol. The van der Waals surface area contributed by atoms with Gasteiger partial charge in [0.1, 0.15) is 0 Å². The van der Waals surface area contributed by atoms with Gasteiger partial charge in [0.15, 0.2) is 0 Å². The predicted octanol–water partition coefficient (Wildman–Crippen LogP) is 3.22. The molecule has 1 heterocycles. The molecule has 0 saturated carbocycles. The lowest BCUT2D eigenvalue weighted by atomic mass is 10.00. The lowest BCUT2D eigenvalue weighted by Gasteiger charge is -2.27. The molecule has 2 rings (SSSR count). The summed E-state index contributed by atoms with van der Waals surface area (Å²) in [5.41, 5.74) is 1.17. The van der Waals surface area contributed by atoms with E-state index in [2.05, 4.69) is 51.4 Å². The van der Waals surface area contributed by atoms with E-state index in [0.717, 1.165) is 36.7 Å². The first-order valence-corrected chi connectivity index (χ1v) is 7.79. The Labute approximate surface area is 124 Å². The molecule has 0 unspecified atom stereocenters. The largest absolute Gasteiger partial charge is 0.384 e. The van der Waals surface area contributed by atoms with E-state index in [0.29, 0.717) is 0 Å². The second-order valence-electron chi connectivity index (χ2n) is 5.26. The molecule has 106 valence electrons. The lowest BCUT2D eigenvalue weighted by molar-refractivity contribution is 0.0562. The molecule has 0 spiro atoms. The summed E-state index contributed by atoms with van der Waals surface area (Å²) in [6, 6.07) is 8.31. The summed E-state index contributed by atoms with van der Waals surface area (Å²) >= 11 is 3.49. The zero-order chi connectivity index (χ0) is 13.5. The fourth-order valence-electron chi connectivity index (χ4n) is 2.45. The number of rotatable bonds is 6. The van der Waals surface area contributed by atoms with E-state index >= 15 is 0 Å². The van der Waals surface area contributed by atoms with E-state index in [1.807, 2.05) is 6.07 Å². The number of hydrogen-bond donors (Lipinski definition) is 1. The molecule has 4 heteroatoms.